The van der Waals surface area contributed by atoms with E-state index in [1.54, 1.807) is 18.2 Å². The molecule has 0 fully saturated rings. The highest BCUT2D eigenvalue weighted by Crippen LogP contribution is 2.24. The highest BCUT2D eigenvalue weighted by atomic mass is 127. The number of nitrogens with one attached hydrogen (secondary N) is 1. The molecule has 0 saturated heterocycles. The van der Waals surface area contributed by atoms with E-state index in [0.29, 0.717) is 5.02 Å². The second-order valence-electron chi connectivity index (χ2n) is 4.96. The Labute approximate surface area is 120 Å². The van der Waals surface area contributed by atoms with Crippen LogP contribution in [0.1, 0.15) is 20.8 Å². The molecule has 0 bridgehead atoms. The molecule has 0 spiro atoms. The van der Waals surface area contributed by atoms with Crippen molar-refractivity contribution >= 4 is 45.8 Å². The zero-order valence-electron chi connectivity index (χ0n) is 10.1. The predicted octanol–water partition coefficient (Wildman–Crippen LogP) is 3.26. The SMILES string of the molecule is CC(C)(C)C(N)C(=O)Nc1ccc(Cl)cc1I. The molecule has 5 heteroatoms. The molecule has 3 N–H and O–H groups in total. The van der Waals surface area contributed by atoms with Gasteiger partial charge in [0.1, 0.15) is 0 Å². The largest absolute Gasteiger partial charge is 0.324 e. The van der Waals surface area contributed by atoms with Crippen LogP contribution >= 0.6 is 34.2 Å². The maximum Gasteiger partial charge on any atom is 0.241 e. The number of amides is 1. The van der Waals surface area contributed by atoms with Crippen LogP contribution < -0.4 is 11.1 Å². The lowest BCUT2D eigenvalue weighted by Gasteiger charge is -2.26. The van der Waals surface area contributed by atoms with Crippen LogP contribution in [0.3, 0.4) is 0 Å². The van der Waals surface area contributed by atoms with E-state index in [-0.39, 0.29) is 11.3 Å². The van der Waals surface area contributed by atoms with Crippen molar-refractivity contribution in [3.63, 3.8) is 0 Å². The zero-order chi connectivity index (χ0) is 13.2. The van der Waals surface area contributed by atoms with Gasteiger partial charge in [-0.1, -0.05) is 32.4 Å². The van der Waals surface area contributed by atoms with Crippen LogP contribution in [0.4, 0.5) is 5.69 Å². The summed E-state index contributed by atoms with van der Waals surface area (Å²) >= 11 is 7.97. The first-order valence-corrected chi connectivity index (χ1v) is 6.69. The van der Waals surface area contributed by atoms with Crippen LogP contribution in [0.5, 0.6) is 0 Å². The summed E-state index contributed by atoms with van der Waals surface area (Å²) in [6.07, 6.45) is 0. The van der Waals surface area contributed by atoms with Gasteiger partial charge in [-0.05, 0) is 46.2 Å². The van der Waals surface area contributed by atoms with E-state index in [1.165, 1.54) is 0 Å². The van der Waals surface area contributed by atoms with Gasteiger partial charge in [0.25, 0.3) is 0 Å². The van der Waals surface area contributed by atoms with Crippen LogP contribution in [-0.4, -0.2) is 11.9 Å². The summed E-state index contributed by atoms with van der Waals surface area (Å²) < 4.78 is 0.893. The number of carbonyl (C=O) groups excluding carboxylic acids is 1. The molecular formula is C12H16ClIN2O. The van der Waals surface area contributed by atoms with Gasteiger partial charge >= 0.3 is 0 Å². The summed E-state index contributed by atoms with van der Waals surface area (Å²) in [7, 11) is 0. The van der Waals surface area contributed by atoms with E-state index in [9.17, 15) is 4.79 Å². The molecule has 1 aromatic carbocycles. The molecule has 0 aliphatic carbocycles. The second-order valence-corrected chi connectivity index (χ2v) is 6.56. The lowest BCUT2D eigenvalue weighted by Crippen LogP contribution is -2.45. The van der Waals surface area contributed by atoms with Gasteiger partial charge in [-0.15, -0.1) is 0 Å². The molecule has 1 aromatic rings. The highest BCUT2D eigenvalue weighted by Gasteiger charge is 2.27. The Morgan fingerprint density at radius 3 is 2.53 bits per heavy atom. The minimum atomic E-state index is -0.547. The number of carbonyl (C=O) groups is 1. The van der Waals surface area contributed by atoms with Gasteiger partial charge in [-0.25, -0.2) is 0 Å². The van der Waals surface area contributed by atoms with Crippen LogP contribution in [0.2, 0.25) is 5.02 Å². The normalized spacial score (nSPS) is 13.3. The molecule has 1 amide bonds. The van der Waals surface area contributed by atoms with Gasteiger partial charge in [-0.2, -0.15) is 0 Å². The number of benzene rings is 1. The third-order valence-corrected chi connectivity index (χ3v) is 3.53. The lowest BCUT2D eigenvalue weighted by atomic mass is 9.87. The van der Waals surface area contributed by atoms with E-state index in [4.69, 9.17) is 17.3 Å². The second kappa shape index (κ2) is 5.54. The Balaban J connectivity index is 2.82. The molecule has 17 heavy (non-hydrogen) atoms. The number of hydrogen-bond acceptors (Lipinski definition) is 2. The van der Waals surface area contributed by atoms with Crippen molar-refractivity contribution < 1.29 is 4.79 Å². The van der Waals surface area contributed by atoms with Crippen molar-refractivity contribution in [2.75, 3.05) is 5.32 Å². The molecule has 1 rings (SSSR count). The number of rotatable bonds is 2. The first-order valence-electron chi connectivity index (χ1n) is 5.23. The molecule has 0 aliphatic heterocycles. The Morgan fingerprint density at radius 1 is 1.47 bits per heavy atom. The molecule has 0 radical (unpaired) electrons. The van der Waals surface area contributed by atoms with E-state index in [0.717, 1.165) is 9.26 Å². The summed E-state index contributed by atoms with van der Waals surface area (Å²) in [4.78, 5) is 11.9. The molecule has 1 unspecified atom stereocenters. The van der Waals surface area contributed by atoms with Crippen molar-refractivity contribution in [1.82, 2.24) is 0 Å². The maximum atomic E-state index is 11.9. The van der Waals surface area contributed by atoms with Crippen molar-refractivity contribution in [2.24, 2.45) is 11.1 Å². The fraction of sp³-hybridized carbons (Fsp3) is 0.417. The third kappa shape index (κ3) is 4.12. The molecule has 94 valence electrons. The molecule has 3 nitrogen and oxygen atoms in total. The van der Waals surface area contributed by atoms with Gasteiger partial charge in [0, 0.05) is 8.59 Å². The molecule has 0 saturated carbocycles. The average Bonchev–Trinajstić information content (AvgIpc) is 2.19. The summed E-state index contributed by atoms with van der Waals surface area (Å²) in [5, 5.41) is 3.46. The third-order valence-electron chi connectivity index (χ3n) is 2.40. The fourth-order valence-corrected chi connectivity index (χ4v) is 2.20. The topological polar surface area (TPSA) is 55.1 Å². The summed E-state index contributed by atoms with van der Waals surface area (Å²) in [6, 6.07) is 4.76. The highest BCUT2D eigenvalue weighted by molar-refractivity contribution is 14.1. The Hall–Kier alpha value is -0.330. The zero-order valence-corrected chi connectivity index (χ0v) is 13.0. The van der Waals surface area contributed by atoms with E-state index in [1.807, 2.05) is 20.8 Å². The predicted molar refractivity (Wildman–Crippen MR) is 80.2 cm³/mol. The lowest BCUT2D eigenvalue weighted by molar-refractivity contribution is -0.119. The molecule has 0 aromatic heterocycles. The Bertz CT molecular complexity index is 429. The standard InChI is InChI=1S/C12H16ClIN2O/c1-12(2,3)10(15)11(17)16-9-5-4-7(13)6-8(9)14/h4-6,10H,15H2,1-3H3,(H,16,17). The Morgan fingerprint density at radius 2 is 2.06 bits per heavy atom. The van der Waals surface area contributed by atoms with Gasteiger partial charge < -0.3 is 11.1 Å². The van der Waals surface area contributed by atoms with Crippen molar-refractivity contribution in [2.45, 2.75) is 26.8 Å². The molecule has 0 heterocycles. The first kappa shape index (κ1) is 14.7. The van der Waals surface area contributed by atoms with Crippen molar-refractivity contribution in [3.8, 4) is 0 Å². The number of halogens is 2. The van der Waals surface area contributed by atoms with Gasteiger partial charge in [0.05, 0.1) is 11.7 Å². The monoisotopic (exact) mass is 366 g/mol. The van der Waals surface area contributed by atoms with E-state index < -0.39 is 6.04 Å². The summed E-state index contributed by atoms with van der Waals surface area (Å²) in [5.41, 5.74) is 6.36. The minimum absolute atomic E-state index is 0.183. The number of nitrogens with two attached hydrogens (primary N) is 1. The van der Waals surface area contributed by atoms with Crippen molar-refractivity contribution in [1.29, 1.82) is 0 Å². The van der Waals surface area contributed by atoms with Crippen LogP contribution in [-0.2, 0) is 4.79 Å². The van der Waals surface area contributed by atoms with E-state index >= 15 is 0 Å². The van der Waals surface area contributed by atoms with Gasteiger partial charge in [0.2, 0.25) is 5.91 Å². The Kier molecular flexibility index (Phi) is 4.80. The summed E-state index contributed by atoms with van der Waals surface area (Å²) in [6.45, 7) is 5.80. The van der Waals surface area contributed by atoms with Crippen molar-refractivity contribution in [3.05, 3.63) is 26.8 Å². The molecule has 1 atom stereocenters. The van der Waals surface area contributed by atoms with E-state index in [2.05, 4.69) is 27.9 Å². The smallest absolute Gasteiger partial charge is 0.241 e. The van der Waals surface area contributed by atoms with Crippen LogP contribution in [0, 0.1) is 8.99 Å². The first-order chi connectivity index (χ1) is 7.71. The number of anilines is 1. The average molecular weight is 367 g/mol. The van der Waals surface area contributed by atoms with Crippen LogP contribution in [0.25, 0.3) is 0 Å². The number of hydrogen-bond donors (Lipinski definition) is 2. The fourth-order valence-electron chi connectivity index (χ4n) is 1.19. The minimum Gasteiger partial charge on any atom is -0.324 e. The van der Waals surface area contributed by atoms with Crippen LogP contribution in [0.15, 0.2) is 18.2 Å². The molecule has 0 aliphatic rings. The summed E-state index contributed by atoms with van der Waals surface area (Å²) in [5.74, 6) is -0.183. The maximum absolute atomic E-state index is 11.9. The molecular weight excluding hydrogens is 351 g/mol. The quantitative estimate of drug-likeness (QED) is 0.789. The van der Waals surface area contributed by atoms with Gasteiger partial charge in [0.15, 0.2) is 0 Å². The van der Waals surface area contributed by atoms with Gasteiger partial charge in [-0.3, -0.25) is 4.79 Å².